The number of sulfonamides is 1. The number of hydrogen-bond donors (Lipinski definition) is 1. The number of aryl methyl sites for hydroxylation is 2. The minimum Gasteiger partial charge on any atom is -0.354 e. The van der Waals surface area contributed by atoms with E-state index in [0.717, 1.165) is 15.4 Å². The average Bonchev–Trinajstić information content (AvgIpc) is 2.81. The molecule has 0 aromatic heterocycles. The van der Waals surface area contributed by atoms with Crippen molar-refractivity contribution in [3.05, 3.63) is 92.4 Å². The van der Waals surface area contributed by atoms with Crippen LogP contribution < -0.4 is 9.62 Å². The van der Waals surface area contributed by atoms with Crippen LogP contribution in [0.5, 0.6) is 0 Å². The number of halogens is 3. The second kappa shape index (κ2) is 12.4. The summed E-state index contributed by atoms with van der Waals surface area (Å²) in [7, 11) is -4.00. The van der Waals surface area contributed by atoms with Crippen molar-refractivity contribution >= 4 is 68.2 Å². The van der Waals surface area contributed by atoms with Gasteiger partial charge in [-0.3, -0.25) is 9.10 Å². The van der Waals surface area contributed by atoms with Gasteiger partial charge in [-0.25, -0.2) is 8.42 Å². The molecule has 0 atom stereocenters. The van der Waals surface area contributed by atoms with E-state index >= 15 is 0 Å². The summed E-state index contributed by atoms with van der Waals surface area (Å²) in [5, 5.41) is 4.20. The number of carbonyl (C=O) groups is 1. The molecule has 35 heavy (non-hydrogen) atoms. The Balaban J connectivity index is 1.68. The molecule has 1 amide bonds. The minimum absolute atomic E-state index is 0.104. The number of nitrogens with one attached hydrogen (secondary N) is 1. The third-order valence-electron chi connectivity index (χ3n) is 5.16. The van der Waals surface area contributed by atoms with Crippen LogP contribution in [0, 0.1) is 13.8 Å². The Kier molecular flexibility index (Phi) is 9.78. The van der Waals surface area contributed by atoms with E-state index < -0.39 is 15.9 Å². The molecule has 1 N–H and O–H groups in total. The van der Waals surface area contributed by atoms with E-state index in [4.69, 9.17) is 34.8 Å². The van der Waals surface area contributed by atoms with E-state index in [1.165, 1.54) is 12.1 Å². The molecule has 0 aliphatic carbocycles. The Hall–Kier alpha value is -1.90. The molecule has 5 nitrogen and oxygen atoms in total. The Morgan fingerprint density at radius 2 is 1.66 bits per heavy atom. The van der Waals surface area contributed by atoms with E-state index in [9.17, 15) is 13.2 Å². The summed E-state index contributed by atoms with van der Waals surface area (Å²) in [5.74, 6) is 0.949. The lowest BCUT2D eigenvalue weighted by Crippen LogP contribution is -2.41. The summed E-state index contributed by atoms with van der Waals surface area (Å²) >= 11 is 19.8. The molecule has 0 unspecified atom stereocenters. The van der Waals surface area contributed by atoms with Gasteiger partial charge in [-0.1, -0.05) is 64.6 Å². The molecule has 3 aromatic rings. The van der Waals surface area contributed by atoms with Gasteiger partial charge >= 0.3 is 0 Å². The lowest BCUT2D eigenvalue weighted by Gasteiger charge is -2.26. The topological polar surface area (TPSA) is 66.5 Å². The van der Waals surface area contributed by atoms with Crippen LogP contribution in [0.3, 0.4) is 0 Å². The van der Waals surface area contributed by atoms with Crippen LogP contribution in [0.2, 0.25) is 15.1 Å². The SMILES string of the molecule is Cc1ccc(S(=O)(=O)N(CC(=O)NCCSCc2ccc(Cl)c(Cl)c2)c2cc(Cl)ccc2C)cc1. The number of thioether (sulfide) groups is 1. The van der Waals surface area contributed by atoms with Gasteiger partial charge in [-0.05, 0) is 61.4 Å². The van der Waals surface area contributed by atoms with Crippen LogP contribution in [0.4, 0.5) is 5.69 Å². The maximum absolute atomic E-state index is 13.5. The number of nitrogens with zero attached hydrogens (tertiary/aromatic N) is 1. The largest absolute Gasteiger partial charge is 0.354 e. The van der Waals surface area contributed by atoms with Crippen molar-refractivity contribution in [3.8, 4) is 0 Å². The monoisotopic (exact) mass is 570 g/mol. The summed E-state index contributed by atoms with van der Waals surface area (Å²) in [4.78, 5) is 12.9. The normalized spacial score (nSPS) is 11.3. The lowest BCUT2D eigenvalue weighted by molar-refractivity contribution is -0.119. The van der Waals surface area contributed by atoms with Crippen molar-refractivity contribution in [1.82, 2.24) is 5.32 Å². The van der Waals surface area contributed by atoms with Crippen molar-refractivity contribution in [1.29, 1.82) is 0 Å². The van der Waals surface area contributed by atoms with Gasteiger partial charge in [0.2, 0.25) is 5.91 Å². The molecule has 0 aliphatic rings. The van der Waals surface area contributed by atoms with Gasteiger partial charge in [-0.2, -0.15) is 11.8 Å². The smallest absolute Gasteiger partial charge is 0.264 e. The number of carbonyl (C=O) groups excluding carboxylic acids is 1. The van der Waals surface area contributed by atoms with E-state index in [0.29, 0.717) is 44.4 Å². The molecule has 0 bridgehead atoms. The molecule has 0 radical (unpaired) electrons. The quantitative estimate of drug-likeness (QED) is 0.282. The van der Waals surface area contributed by atoms with Gasteiger partial charge < -0.3 is 5.32 Å². The average molecular weight is 572 g/mol. The first kappa shape index (κ1) is 27.7. The van der Waals surface area contributed by atoms with Gasteiger partial charge in [-0.15, -0.1) is 0 Å². The van der Waals surface area contributed by atoms with Crippen LogP contribution in [-0.2, 0) is 20.6 Å². The van der Waals surface area contributed by atoms with Crippen molar-refractivity contribution in [3.63, 3.8) is 0 Å². The molecule has 3 rings (SSSR count). The van der Waals surface area contributed by atoms with Gasteiger partial charge in [0, 0.05) is 23.1 Å². The summed E-state index contributed by atoms with van der Waals surface area (Å²) in [6.45, 7) is 3.68. The molecular formula is C25H25Cl3N2O3S2. The van der Waals surface area contributed by atoms with E-state index in [-0.39, 0.29) is 11.4 Å². The summed E-state index contributed by atoms with van der Waals surface area (Å²) in [5.41, 5.74) is 3.02. The van der Waals surface area contributed by atoms with Crippen molar-refractivity contribution in [2.24, 2.45) is 0 Å². The molecule has 0 heterocycles. The Bertz CT molecular complexity index is 1300. The Morgan fingerprint density at radius 1 is 0.943 bits per heavy atom. The zero-order valence-electron chi connectivity index (χ0n) is 19.2. The second-order valence-corrected chi connectivity index (χ2v) is 12.1. The number of hydrogen-bond acceptors (Lipinski definition) is 4. The Morgan fingerprint density at radius 3 is 2.34 bits per heavy atom. The first-order chi connectivity index (χ1) is 16.6. The molecule has 0 saturated carbocycles. The third kappa shape index (κ3) is 7.54. The lowest BCUT2D eigenvalue weighted by atomic mass is 10.2. The van der Waals surface area contributed by atoms with Crippen LogP contribution >= 0.6 is 46.6 Å². The summed E-state index contributed by atoms with van der Waals surface area (Å²) < 4.78 is 28.1. The van der Waals surface area contributed by atoms with E-state index in [1.54, 1.807) is 55.1 Å². The minimum atomic E-state index is -4.00. The van der Waals surface area contributed by atoms with Crippen molar-refractivity contribution < 1.29 is 13.2 Å². The van der Waals surface area contributed by atoms with Gasteiger partial charge in [0.1, 0.15) is 6.54 Å². The third-order valence-corrected chi connectivity index (χ3v) is 8.94. The zero-order chi connectivity index (χ0) is 25.6. The molecule has 0 aliphatic heterocycles. The molecular weight excluding hydrogens is 547 g/mol. The van der Waals surface area contributed by atoms with Gasteiger partial charge in [0.05, 0.1) is 20.6 Å². The predicted octanol–water partition coefficient (Wildman–Crippen LogP) is 6.51. The summed E-state index contributed by atoms with van der Waals surface area (Å²) in [6, 6.07) is 17.0. The molecule has 0 saturated heterocycles. The molecule has 10 heteroatoms. The fraction of sp³-hybridized carbons (Fsp3) is 0.240. The molecule has 0 spiro atoms. The number of amides is 1. The molecule has 186 valence electrons. The number of benzene rings is 3. The van der Waals surface area contributed by atoms with E-state index in [1.807, 2.05) is 19.1 Å². The van der Waals surface area contributed by atoms with Crippen LogP contribution in [0.1, 0.15) is 16.7 Å². The van der Waals surface area contributed by atoms with Crippen LogP contribution in [0.25, 0.3) is 0 Å². The highest BCUT2D eigenvalue weighted by atomic mass is 35.5. The number of anilines is 1. The second-order valence-electron chi connectivity index (χ2n) is 7.91. The fourth-order valence-electron chi connectivity index (χ4n) is 3.26. The first-order valence-electron chi connectivity index (χ1n) is 10.7. The highest BCUT2D eigenvalue weighted by Gasteiger charge is 2.28. The first-order valence-corrected chi connectivity index (χ1v) is 14.4. The number of rotatable bonds is 10. The standard InChI is InChI=1S/C25H25Cl3N2O3S2/c1-17-3-8-21(9-4-17)35(32,33)30(24-14-20(26)7-5-18(24)2)15-25(31)29-11-12-34-16-19-6-10-22(27)23(28)13-19/h3-10,13-14H,11-12,15-16H2,1-2H3,(H,29,31). The van der Waals surface area contributed by atoms with Crippen molar-refractivity contribution in [2.45, 2.75) is 24.5 Å². The molecule has 0 fully saturated rings. The van der Waals surface area contributed by atoms with E-state index in [2.05, 4.69) is 5.32 Å². The summed E-state index contributed by atoms with van der Waals surface area (Å²) in [6.07, 6.45) is 0. The highest BCUT2D eigenvalue weighted by Crippen LogP contribution is 2.29. The fourth-order valence-corrected chi connectivity index (χ4v) is 6.03. The Labute approximate surface area is 225 Å². The maximum Gasteiger partial charge on any atom is 0.264 e. The van der Waals surface area contributed by atoms with Gasteiger partial charge in [0.15, 0.2) is 0 Å². The van der Waals surface area contributed by atoms with Crippen molar-refractivity contribution in [2.75, 3.05) is 23.1 Å². The van der Waals surface area contributed by atoms with Crippen LogP contribution in [0.15, 0.2) is 65.6 Å². The van der Waals surface area contributed by atoms with Gasteiger partial charge in [0.25, 0.3) is 10.0 Å². The molecule has 3 aromatic carbocycles. The zero-order valence-corrected chi connectivity index (χ0v) is 23.1. The highest BCUT2D eigenvalue weighted by molar-refractivity contribution is 7.98. The predicted molar refractivity (Wildman–Crippen MR) is 148 cm³/mol. The van der Waals surface area contributed by atoms with Crippen LogP contribution in [-0.4, -0.2) is 33.2 Å². The maximum atomic E-state index is 13.5.